The predicted molar refractivity (Wildman–Crippen MR) is 131 cm³/mol. The van der Waals surface area contributed by atoms with Crippen molar-refractivity contribution in [3.8, 4) is 5.75 Å². The van der Waals surface area contributed by atoms with Gasteiger partial charge in [-0.15, -0.1) is 0 Å². The Balaban J connectivity index is 1.94. The van der Waals surface area contributed by atoms with Gasteiger partial charge in [-0.2, -0.15) is 0 Å². The van der Waals surface area contributed by atoms with Gasteiger partial charge in [-0.05, 0) is 35.7 Å². The molecule has 0 unspecified atom stereocenters. The molecule has 34 heavy (non-hydrogen) atoms. The summed E-state index contributed by atoms with van der Waals surface area (Å²) in [6.45, 7) is 2.47. The molecule has 1 N–H and O–H groups in total. The van der Waals surface area contributed by atoms with Gasteiger partial charge in [0.15, 0.2) is 0 Å². The van der Waals surface area contributed by atoms with Gasteiger partial charge in [0.05, 0.1) is 13.5 Å². The van der Waals surface area contributed by atoms with Crippen LogP contribution in [0.25, 0.3) is 0 Å². The number of carbonyl (C=O) groups excluding carboxylic acids is 2. The number of amides is 2. The van der Waals surface area contributed by atoms with E-state index < -0.39 is 11.9 Å². The SMILES string of the molecule is CCCNC(=O)[C@@H](Cc1ccccc1)N(Cc1ccccc1F)C(=O)Cc1ccc(OC)cc1. The molecule has 0 aromatic heterocycles. The highest BCUT2D eigenvalue weighted by Gasteiger charge is 2.30. The summed E-state index contributed by atoms with van der Waals surface area (Å²) in [6, 6.07) is 22.4. The van der Waals surface area contributed by atoms with E-state index in [1.165, 1.54) is 11.0 Å². The lowest BCUT2D eigenvalue weighted by Crippen LogP contribution is -2.51. The first-order valence-corrected chi connectivity index (χ1v) is 11.5. The number of rotatable bonds is 11. The van der Waals surface area contributed by atoms with Gasteiger partial charge in [-0.1, -0.05) is 67.6 Å². The zero-order valence-corrected chi connectivity index (χ0v) is 19.7. The molecule has 3 aromatic carbocycles. The first-order chi connectivity index (χ1) is 16.5. The monoisotopic (exact) mass is 462 g/mol. The number of nitrogens with zero attached hydrogens (tertiary/aromatic N) is 1. The van der Waals surface area contributed by atoms with Gasteiger partial charge < -0.3 is 15.0 Å². The van der Waals surface area contributed by atoms with Crippen LogP contribution in [0.15, 0.2) is 78.9 Å². The minimum atomic E-state index is -0.778. The van der Waals surface area contributed by atoms with Crippen molar-refractivity contribution in [1.82, 2.24) is 10.2 Å². The van der Waals surface area contributed by atoms with Gasteiger partial charge in [-0.3, -0.25) is 9.59 Å². The molecule has 0 aliphatic heterocycles. The van der Waals surface area contributed by atoms with Crippen LogP contribution in [0.4, 0.5) is 4.39 Å². The number of hydrogen-bond acceptors (Lipinski definition) is 3. The molecule has 0 fully saturated rings. The summed E-state index contributed by atoms with van der Waals surface area (Å²) in [5.41, 5.74) is 2.08. The Morgan fingerprint density at radius 2 is 1.62 bits per heavy atom. The normalized spacial score (nSPS) is 11.5. The molecule has 0 saturated heterocycles. The topological polar surface area (TPSA) is 58.6 Å². The van der Waals surface area contributed by atoms with E-state index in [1.54, 1.807) is 37.4 Å². The van der Waals surface area contributed by atoms with Crippen LogP contribution in [0, 0.1) is 5.82 Å². The molecule has 0 saturated carbocycles. The van der Waals surface area contributed by atoms with E-state index >= 15 is 0 Å². The molecule has 0 aliphatic rings. The second-order valence-corrected chi connectivity index (χ2v) is 8.13. The molecule has 1 atom stereocenters. The number of hydrogen-bond donors (Lipinski definition) is 1. The van der Waals surface area contributed by atoms with Crippen LogP contribution in [-0.2, 0) is 29.0 Å². The van der Waals surface area contributed by atoms with E-state index in [0.29, 0.717) is 24.3 Å². The van der Waals surface area contributed by atoms with Crippen LogP contribution >= 0.6 is 0 Å². The molecular formula is C28H31FN2O3. The fourth-order valence-electron chi connectivity index (χ4n) is 3.75. The second kappa shape index (κ2) is 12.5. The lowest BCUT2D eigenvalue weighted by molar-refractivity contribution is -0.140. The van der Waals surface area contributed by atoms with Crippen molar-refractivity contribution in [2.24, 2.45) is 0 Å². The maximum atomic E-state index is 14.6. The zero-order valence-electron chi connectivity index (χ0n) is 19.7. The lowest BCUT2D eigenvalue weighted by atomic mass is 10.0. The molecule has 5 nitrogen and oxygen atoms in total. The quantitative estimate of drug-likeness (QED) is 0.455. The predicted octanol–water partition coefficient (Wildman–Crippen LogP) is 4.54. The molecule has 0 radical (unpaired) electrons. The smallest absolute Gasteiger partial charge is 0.243 e. The van der Waals surface area contributed by atoms with Gasteiger partial charge in [0, 0.05) is 25.1 Å². The van der Waals surface area contributed by atoms with Crippen LogP contribution in [0.1, 0.15) is 30.0 Å². The van der Waals surface area contributed by atoms with Crippen molar-refractivity contribution in [3.05, 3.63) is 101 Å². The first kappa shape index (κ1) is 25.0. The summed E-state index contributed by atoms with van der Waals surface area (Å²) >= 11 is 0. The Labute approximate surface area is 200 Å². The van der Waals surface area contributed by atoms with Crippen molar-refractivity contribution < 1.29 is 18.7 Å². The van der Waals surface area contributed by atoms with Gasteiger partial charge in [0.2, 0.25) is 11.8 Å². The molecule has 2 amide bonds. The number of methoxy groups -OCH3 is 1. The number of halogens is 1. The molecule has 0 bridgehead atoms. The Hall–Kier alpha value is -3.67. The third kappa shape index (κ3) is 6.91. The van der Waals surface area contributed by atoms with Crippen LogP contribution in [0.2, 0.25) is 0 Å². The number of benzene rings is 3. The highest BCUT2D eigenvalue weighted by atomic mass is 19.1. The summed E-state index contributed by atoms with van der Waals surface area (Å²) in [5.74, 6) is -0.205. The van der Waals surface area contributed by atoms with Gasteiger partial charge in [-0.25, -0.2) is 4.39 Å². The summed E-state index contributed by atoms with van der Waals surface area (Å²) < 4.78 is 19.8. The molecule has 178 valence electrons. The van der Waals surface area contributed by atoms with Crippen LogP contribution < -0.4 is 10.1 Å². The highest BCUT2D eigenvalue weighted by Crippen LogP contribution is 2.19. The zero-order chi connectivity index (χ0) is 24.3. The summed E-state index contributed by atoms with van der Waals surface area (Å²) in [7, 11) is 1.58. The molecule has 0 spiro atoms. The van der Waals surface area contributed by atoms with E-state index in [4.69, 9.17) is 4.74 Å². The minimum Gasteiger partial charge on any atom is -0.497 e. The first-order valence-electron chi connectivity index (χ1n) is 11.5. The second-order valence-electron chi connectivity index (χ2n) is 8.13. The van der Waals surface area contributed by atoms with E-state index in [2.05, 4.69) is 5.32 Å². The maximum absolute atomic E-state index is 14.6. The van der Waals surface area contributed by atoms with E-state index in [9.17, 15) is 14.0 Å². The maximum Gasteiger partial charge on any atom is 0.243 e. The summed E-state index contributed by atoms with van der Waals surface area (Å²) in [4.78, 5) is 28.3. The Morgan fingerprint density at radius 3 is 2.26 bits per heavy atom. The fourth-order valence-corrected chi connectivity index (χ4v) is 3.75. The van der Waals surface area contributed by atoms with Gasteiger partial charge in [0.1, 0.15) is 17.6 Å². The summed E-state index contributed by atoms with van der Waals surface area (Å²) in [5, 5.41) is 2.92. The largest absolute Gasteiger partial charge is 0.497 e. The Bertz CT molecular complexity index is 1070. The van der Waals surface area contributed by atoms with Gasteiger partial charge in [0.25, 0.3) is 0 Å². The van der Waals surface area contributed by atoms with Crippen LogP contribution in [0.5, 0.6) is 5.75 Å². The highest BCUT2D eigenvalue weighted by molar-refractivity contribution is 5.88. The van der Waals surface area contributed by atoms with Crippen molar-refractivity contribution in [1.29, 1.82) is 0 Å². The summed E-state index contributed by atoms with van der Waals surface area (Å²) in [6.07, 6.45) is 1.20. The van der Waals surface area contributed by atoms with Crippen LogP contribution in [-0.4, -0.2) is 36.4 Å². The standard InChI is InChI=1S/C28H31FN2O3/c1-3-17-30-28(33)26(18-21-9-5-4-6-10-21)31(20-23-11-7-8-12-25(23)29)27(32)19-22-13-15-24(34-2)16-14-22/h4-16,26H,3,17-20H2,1-2H3,(H,30,33)/t26-/m1/s1. The molecule has 0 heterocycles. The molecule has 6 heteroatoms. The van der Waals surface area contributed by atoms with Crippen molar-refractivity contribution in [2.45, 2.75) is 38.8 Å². The molecular weight excluding hydrogens is 431 g/mol. The van der Waals surface area contributed by atoms with Gasteiger partial charge >= 0.3 is 0 Å². The van der Waals surface area contributed by atoms with E-state index in [1.807, 2.05) is 49.4 Å². The van der Waals surface area contributed by atoms with Crippen molar-refractivity contribution in [3.63, 3.8) is 0 Å². The van der Waals surface area contributed by atoms with E-state index in [0.717, 1.165) is 17.5 Å². The third-order valence-corrected chi connectivity index (χ3v) is 5.63. The fraction of sp³-hybridized carbons (Fsp3) is 0.286. The Kier molecular flexibility index (Phi) is 9.21. The molecule has 3 rings (SSSR count). The molecule has 3 aromatic rings. The number of carbonyl (C=O) groups is 2. The van der Waals surface area contributed by atoms with Crippen molar-refractivity contribution >= 4 is 11.8 Å². The van der Waals surface area contributed by atoms with Crippen LogP contribution in [0.3, 0.4) is 0 Å². The average molecular weight is 463 g/mol. The number of nitrogens with one attached hydrogen (secondary N) is 1. The van der Waals surface area contributed by atoms with Crippen molar-refractivity contribution in [2.75, 3.05) is 13.7 Å². The Morgan fingerprint density at radius 1 is 0.941 bits per heavy atom. The number of ether oxygens (including phenoxy) is 1. The minimum absolute atomic E-state index is 0.00128. The van der Waals surface area contributed by atoms with E-state index in [-0.39, 0.29) is 24.8 Å². The third-order valence-electron chi connectivity index (χ3n) is 5.63. The average Bonchev–Trinajstić information content (AvgIpc) is 2.86. The molecule has 0 aliphatic carbocycles. The lowest BCUT2D eigenvalue weighted by Gasteiger charge is -2.32.